The van der Waals surface area contributed by atoms with Gasteiger partial charge in [0.1, 0.15) is 0 Å². The second-order valence-corrected chi connectivity index (χ2v) is 5.78. The number of hydrogen-bond donors (Lipinski definition) is 1. The molecule has 0 saturated carbocycles. The van der Waals surface area contributed by atoms with Gasteiger partial charge in [0.15, 0.2) is 0 Å². The maximum absolute atomic E-state index is 6.09. The van der Waals surface area contributed by atoms with Crippen molar-refractivity contribution in [3.63, 3.8) is 0 Å². The molecular formula is C17H21N3. The highest BCUT2D eigenvalue weighted by Crippen LogP contribution is 2.22. The smallest absolute Gasteiger partial charge is 0.0346 e. The summed E-state index contributed by atoms with van der Waals surface area (Å²) in [6.07, 6.45) is 3.72. The maximum Gasteiger partial charge on any atom is 0.0346 e. The normalized spacial score (nSPS) is 23.1. The summed E-state index contributed by atoms with van der Waals surface area (Å²) in [6, 6.07) is 13.1. The zero-order valence-corrected chi connectivity index (χ0v) is 11.9. The fraction of sp³-hybridized carbons (Fsp3) is 0.353. The van der Waals surface area contributed by atoms with E-state index in [9.17, 15) is 0 Å². The van der Waals surface area contributed by atoms with Gasteiger partial charge in [-0.1, -0.05) is 31.2 Å². The van der Waals surface area contributed by atoms with Crippen LogP contribution in [0.2, 0.25) is 0 Å². The molecule has 1 aliphatic rings. The van der Waals surface area contributed by atoms with Crippen LogP contribution in [0.5, 0.6) is 0 Å². The van der Waals surface area contributed by atoms with Crippen LogP contribution < -0.4 is 5.73 Å². The molecule has 2 aromatic rings. The van der Waals surface area contributed by atoms with Crippen molar-refractivity contribution in [3.05, 3.63) is 54.4 Å². The molecule has 2 atom stereocenters. The minimum atomic E-state index is 0.316. The van der Waals surface area contributed by atoms with Crippen LogP contribution in [0.4, 0.5) is 0 Å². The third-order valence-corrected chi connectivity index (χ3v) is 4.07. The Kier molecular flexibility index (Phi) is 3.81. The van der Waals surface area contributed by atoms with Gasteiger partial charge in [-0.2, -0.15) is 0 Å². The van der Waals surface area contributed by atoms with Gasteiger partial charge in [0.25, 0.3) is 0 Å². The zero-order valence-electron chi connectivity index (χ0n) is 11.9. The van der Waals surface area contributed by atoms with Crippen LogP contribution in [0.25, 0.3) is 11.1 Å². The molecule has 3 heteroatoms. The van der Waals surface area contributed by atoms with Crippen molar-refractivity contribution in [2.75, 3.05) is 13.1 Å². The average molecular weight is 267 g/mol. The quantitative estimate of drug-likeness (QED) is 0.929. The van der Waals surface area contributed by atoms with Crippen LogP contribution in [0, 0.1) is 5.92 Å². The fourth-order valence-electron chi connectivity index (χ4n) is 2.87. The number of nitrogens with two attached hydrogens (primary N) is 1. The predicted octanol–water partition coefficient (Wildman–Crippen LogP) is 2.53. The van der Waals surface area contributed by atoms with E-state index in [1.165, 1.54) is 16.7 Å². The Morgan fingerprint density at radius 2 is 2.05 bits per heavy atom. The minimum Gasteiger partial charge on any atom is -0.326 e. The van der Waals surface area contributed by atoms with E-state index in [0.717, 1.165) is 19.6 Å². The first-order valence-corrected chi connectivity index (χ1v) is 7.19. The Hall–Kier alpha value is -1.71. The molecule has 0 bridgehead atoms. The van der Waals surface area contributed by atoms with Crippen molar-refractivity contribution < 1.29 is 0 Å². The lowest BCUT2D eigenvalue weighted by Crippen LogP contribution is -2.28. The van der Waals surface area contributed by atoms with Crippen LogP contribution >= 0.6 is 0 Å². The fourth-order valence-corrected chi connectivity index (χ4v) is 2.87. The third kappa shape index (κ3) is 2.89. The topological polar surface area (TPSA) is 42.2 Å². The standard InChI is InChI=1S/C17H21N3/c1-13-10-20(12-17(13)18)11-14-4-2-5-15(8-14)16-6-3-7-19-9-16/h2-9,13,17H,10-12,18H2,1H3. The Balaban J connectivity index is 1.75. The van der Waals surface area contributed by atoms with E-state index in [1.54, 1.807) is 6.20 Å². The van der Waals surface area contributed by atoms with Crippen molar-refractivity contribution in [2.45, 2.75) is 19.5 Å². The molecule has 20 heavy (non-hydrogen) atoms. The molecule has 1 aromatic carbocycles. The van der Waals surface area contributed by atoms with Crippen molar-refractivity contribution in [2.24, 2.45) is 11.7 Å². The predicted molar refractivity (Wildman–Crippen MR) is 82.1 cm³/mol. The summed E-state index contributed by atoms with van der Waals surface area (Å²) in [6.45, 7) is 5.31. The van der Waals surface area contributed by atoms with Crippen LogP contribution in [0.1, 0.15) is 12.5 Å². The Morgan fingerprint density at radius 3 is 2.75 bits per heavy atom. The highest BCUT2D eigenvalue weighted by molar-refractivity contribution is 5.62. The van der Waals surface area contributed by atoms with Crippen molar-refractivity contribution in [1.82, 2.24) is 9.88 Å². The van der Waals surface area contributed by atoms with Gasteiger partial charge < -0.3 is 5.73 Å². The molecule has 1 saturated heterocycles. The van der Waals surface area contributed by atoms with E-state index in [-0.39, 0.29) is 0 Å². The lowest BCUT2D eigenvalue weighted by molar-refractivity contribution is 0.319. The lowest BCUT2D eigenvalue weighted by atomic mass is 10.0. The first kappa shape index (κ1) is 13.3. The number of pyridine rings is 1. The van der Waals surface area contributed by atoms with E-state index in [1.807, 2.05) is 12.3 Å². The van der Waals surface area contributed by atoms with Crippen LogP contribution in [-0.2, 0) is 6.54 Å². The number of nitrogens with zero attached hydrogens (tertiary/aromatic N) is 2. The van der Waals surface area contributed by atoms with Gasteiger partial charge in [-0.3, -0.25) is 9.88 Å². The maximum atomic E-state index is 6.09. The van der Waals surface area contributed by atoms with Crippen LogP contribution in [0.15, 0.2) is 48.8 Å². The molecule has 0 aliphatic carbocycles. The van der Waals surface area contributed by atoms with Gasteiger partial charge in [-0.25, -0.2) is 0 Å². The molecule has 2 unspecified atom stereocenters. The van der Waals surface area contributed by atoms with Gasteiger partial charge in [0, 0.05) is 38.1 Å². The molecule has 1 fully saturated rings. The summed E-state index contributed by atoms with van der Waals surface area (Å²) in [5.74, 6) is 0.594. The van der Waals surface area contributed by atoms with Gasteiger partial charge in [0.2, 0.25) is 0 Å². The molecule has 1 aromatic heterocycles. The van der Waals surface area contributed by atoms with Gasteiger partial charge >= 0.3 is 0 Å². The van der Waals surface area contributed by atoms with Crippen molar-refractivity contribution in [1.29, 1.82) is 0 Å². The molecule has 2 heterocycles. The highest BCUT2D eigenvalue weighted by Gasteiger charge is 2.26. The minimum absolute atomic E-state index is 0.316. The van der Waals surface area contributed by atoms with Crippen molar-refractivity contribution in [3.8, 4) is 11.1 Å². The van der Waals surface area contributed by atoms with Gasteiger partial charge in [-0.15, -0.1) is 0 Å². The van der Waals surface area contributed by atoms with Gasteiger partial charge in [-0.05, 0) is 34.7 Å². The average Bonchev–Trinajstić information content (AvgIpc) is 2.78. The van der Waals surface area contributed by atoms with Crippen LogP contribution in [-0.4, -0.2) is 29.0 Å². The molecule has 0 amide bonds. The molecule has 104 valence electrons. The number of rotatable bonds is 3. The Morgan fingerprint density at radius 1 is 1.20 bits per heavy atom. The lowest BCUT2D eigenvalue weighted by Gasteiger charge is -2.16. The summed E-state index contributed by atoms with van der Waals surface area (Å²) >= 11 is 0. The molecule has 3 nitrogen and oxygen atoms in total. The van der Waals surface area contributed by atoms with E-state index in [2.05, 4.69) is 47.1 Å². The van der Waals surface area contributed by atoms with Gasteiger partial charge in [0.05, 0.1) is 0 Å². The molecule has 1 aliphatic heterocycles. The van der Waals surface area contributed by atoms with E-state index in [4.69, 9.17) is 5.73 Å². The highest BCUT2D eigenvalue weighted by atomic mass is 15.2. The van der Waals surface area contributed by atoms with E-state index >= 15 is 0 Å². The second kappa shape index (κ2) is 5.73. The summed E-state index contributed by atoms with van der Waals surface area (Å²) in [4.78, 5) is 6.63. The summed E-state index contributed by atoms with van der Waals surface area (Å²) in [5, 5.41) is 0. The number of hydrogen-bond acceptors (Lipinski definition) is 3. The van der Waals surface area contributed by atoms with E-state index in [0.29, 0.717) is 12.0 Å². The summed E-state index contributed by atoms with van der Waals surface area (Å²) in [7, 11) is 0. The molecule has 3 rings (SSSR count). The second-order valence-electron chi connectivity index (χ2n) is 5.78. The molecule has 2 N–H and O–H groups in total. The SMILES string of the molecule is CC1CN(Cc2cccc(-c3cccnc3)c2)CC1N. The Bertz CT molecular complexity index is 557. The first-order valence-electron chi connectivity index (χ1n) is 7.19. The monoisotopic (exact) mass is 267 g/mol. The number of likely N-dealkylation sites (tertiary alicyclic amines) is 1. The summed E-state index contributed by atoms with van der Waals surface area (Å²) in [5.41, 5.74) is 9.83. The third-order valence-electron chi connectivity index (χ3n) is 4.07. The van der Waals surface area contributed by atoms with E-state index < -0.39 is 0 Å². The van der Waals surface area contributed by atoms with Crippen molar-refractivity contribution >= 4 is 0 Å². The first-order chi connectivity index (χ1) is 9.72. The summed E-state index contributed by atoms with van der Waals surface area (Å²) < 4.78 is 0. The zero-order chi connectivity index (χ0) is 13.9. The largest absolute Gasteiger partial charge is 0.326 e. The molecule has 0 radical (unpaired) electrons. The number of benzene rings is 1. The van der Waals surface area contributed by atoms with Crippen LogP contribution in [0.3, 0.4) is 0 Å². The molecule has 0 spiro atoms. The molecular weight excluding hydrogens is 246 g/mol. The number of aromatic nitrogens is 1. The Labute approximate surface area is 120 Å².